The summed E-state index contributed by atoms with van der Waals surface area (Å²) in [5.74, 6) is 5.30. The molecule has 0 aliphatic carbocycles. The summed E-state index contributed by atoms with van der Waals surface area (Å²) in [6.45, 7) is 0. The van der Waals surface area contributed by atoms with E-state index in [9.17, 15) is 4.39 Å². The fourth-order valence-corrected chi connectivity index (χ4v) is 2.33. The Morgan fingerprint density at radius 3 is 2.58 bits per heavy atom. The number of nitrogens with two attached hydrogens (primary N) is 2. The van der Waals surface area contributed by atoms with Gasteiger partial charge in [0, 0.05) is 10.2 Å². The van der Waals surface area contributed by atoms with Crippen molar-refractivity contribution in [3.8, 4) is 0 Å². The third-order valence-corrected chi connectivity index (χ3v) is 3.51. The van der Waals surface area contributed by atoms with Crippen LogP contribution in [0.25, 0.3) is 0 Å². The molecule has 5 N–H and O–H groups in total. The molecule has 19 heavy (non-hydrogen) atoms. The van der Waals surface area contributed by atoms with Crippen molar-refractivity contribution in [3.05, 3.63) is 63.9 Å². The number of hydrogen-bond acceptors (Lipinski definition) is 3. The van der Waals surface area contributed by atoms with Gasteiger partial charge in [-0.1, -0.05) is 40.2 Å². The minimum atomic E-state index is -0.260. The third kappa shape index (κ3) is 3.32. The molecular weight excluding hydrogens is 309 g/mol. The van der Waals surface area contributed by atoms with Crippen LogP contribution in [0.5, 0.6) is 0 Å². The molecule has 0 aliphatic rings. The Bertz CT molecular complexity index is 574. The van der Waals surface area contributed by atoms with Crippen molar-refractivity contribution < 1.29 is 4.39 Å². The molecule has 2 rings (SSSR count). The zero-order valence-corrected chi connectivity index (χ0v) is 11.8. The molecule has 1 atom stereocenters. The Hall–Kier alpha value is -1.43. The molecule has 0 saturated carbocycles. The lowest BCUT2D eigenvalue weighted by Crippen LogP contribution is -2.30. The summed E-state index contributed by atoms with van der Waals surface area (Å²) in [6.07, 6.45) is 0.434. The highest BCUT2D eigenvalue weighted by Crippen LogP contribution is 2.25. The normalized spacial score (nSPS) is 12.4. The topological polar surface area (TPSA) is 64.1 Å². The predicted molar refractivity (Wildman–Crippen MR) is 78.7 cm³/mol. The molecule has 0 radical (unpaired) electrons. The molecule has 2 aromatic carbocycles. The van der Waals surface area contributed by atoms with Crippen molar-refractivity contribution in [2.45, 2.75) is 12.5 Å². The maximum Gasteiger partial charge on any atom is 0.127 e. The molecule has 0 saturated heterocycles. The van der Waals surface area contributed by atoms with Crippen molar-refractivity contribution in [2.75, 3.05) is 5.73 Å². The fourth-order valence-electron chi connectivity index (χ4n) is 1.99. The predicted octanol–water partition coefficient (Wildman–Crippen LogP) is 2.92. The Morgan fingerprint density at radius 1 is 1.21 bits per heavy atom. The molecule has 0 bridgehead atoms. The minimum absolute atomic E-state index is 0.225. The number of anilines is 1. The van der Waals surface area contributed by atoms with Crippen LogP contribution in [0.2, 0.25) is 0 Å². The SMILES string of the molecule is NNC(Cc1ccc(Br)cc1F)c1ccccc1N. The highest BCUT2D eigenvalue weighted by Gasteiger charge is 2.15. The second-order valence-electron chi connectivity index (χ2n) is 4.29. The molecule has 0 amide bonds. The van der Waals surface area contributed by atoms with Gasteiger partial charge in [0.15, 0.2) is 0 Å². The van der Waals surface area contributed by atoms with Crippen LogP contribution in [0.4, 0.5) is 10.1 Å². The Kier molecular flexibility index (Phi) is 4.52. The summed E-state index contributed by atoms with van der Waals surface area (Å²) in [5, 5.41) is 0. The Labute approximate surface area is 119 Å². The standard InChI is InChI=1S/C14H15BrFN3/c15-10-6-5-9(12(16)8-10)7-14(19-18)11-3-1-2-4-13(11)17/h1-6,8,14,19H,7,17-18H2. The molecule has 0 heterocycles. The highest BCUT2D eigenvalue weighted by molar-refractivity contribution is 9.10. The van der Waals surface area contributed by atoms with Crippen LogP contribution in [0.3, 0.4) is 0 Å². The molecule has 0 spiro atoms. The Morgan fingerprint density at radius 2 is 1.95 bits per heavy atom. The Balaban J connectivity index is 2.27. The van der Waals surface area contributed by atoms with Crippen LogP contribution in [-0.2, 0) is 6.42 Å². The van der Waals surface area contributed by atoms with Gasteiger partial charge in [0.25, 0.3) is 0 Å². The van der Waals surface area contributed by atoms with Crippen LogP contribution in [-0.4, -0.2) is 0 Å². The van der Waals surface area contributed by atoms with Crippen molar-refractivity contribution in [2.24, 2.45) is 5.84 Å². The largest absolute Gasteiger partial charge is 0.398 e. The maximum absolute atomic E-state index is 13.8. The molecule has 1 unspecified atom stereocenters. The van der Waals surface area contributed by atoms with E-state index in [0.29, 0.717) is 22.1 Å². The number of rotatable bonds is 4. The average molecular weight is 324 g/mol. The minimum Gasteiger partial charge on any atom is -0.398 e. The summed E-state index contributed by atoms with van der Waals surface area (Å²) in [5.41, 5.74) is 10.7. The number of nitrogen functional groups attached to an aromatic ring is 1. The number of halogens is 2. The van der Waals surface area contributed by atoms with Gasteiger partial charge in [-0.05, 0) is 35.7 Å². The van der Waals surface area contributed by atoms with Crippen LogP contribution in [0, 0.1) is 5.82 Å². The van der Waals surface area contributed by atoms with Crippen molar-refractivity contribution in [1.29, 1.82) is 0 Å². The first-order valence-electron chi connectivity index (χ1n) is 5.86. The van der Waals surface area contributed by atoms with E-state index < -0.39 is 0 Å². The number of hydrazine groups is 1. The smallest absolute Gasteiger partial charge is 0.127 e. The van der Waals surface area contributed by atoms with Crippen molar-refractivity contribution in [1.82, 2.24) is 5.43 Å². The summed E-state index contributed by atoms with van der Waals surface area (Å²) < 4.78 is 14.5. The van der Waals surface area contributed by atoms with E-state index in [2.05, 4.69) is 21.4 Å². The molecule has 0 aliphatic heterocycles. The summed E-state index contributed by atoms with van der Waals surface area (Å²) in [7, 11) is 0. The number of para-hydroxylation sites is 1. The van der Waals surface area contributed by atoms with Crippen molar-refractivity contribution >= 4 is 21.6 Å². The molecule has 0 fully saturated rings. The van der Waals surface area contributed by atoms with Gasteiger partial charge in [0.2, 0.25) is 0 Å². The molecular formula is C14H15BrFN3. The zero-order chi connectivity index (χ0) is 13.8. The number of benzene rings is 2. The fraction of sp³-hybridized carbons (Fsp3) is 0.143. The first kappa shape index (κ1) is 14.0. The number of hydrogen-bond donors (Lipinski definition) is 3. The lowest BCUT2D eigenvalue weighted by molar-refractivity contribution is 0.530. The highest BCUT2D eigenvalue weighted by atomic mass is 79.9. The molecule has 0 aromatic heterocycles. The molecule has 3 nitrogen and oxygen atoms in total. The van der Waals surface area contributed by atoms with Gasteiger partial charge in [-0.3, -0.25) is 11.3 Å². The van der Waals surface area contributed by atoms with E-state index in [4.69, 9.17) is 11.6 Å². The summed E-state index contributed by atoms with van der Waals surface area (Å²) in [4.78, 5) is 0. The van der Waals surface area contributed by atoms with E-state index >= 15 is 0 Å². The van der Waals surface area contributed by atoms with E-state index in [-0.39, 0.29) is 11.9 Å². The first-order valence-corrected chi connectivity index (χ1v) is 6.65. The van der Waals surface area contributed by atoms with Gasteiger partial charge in [0.1, 0.15) is 5.82 Å². The van der Waals surface area contributed by atoms with Gasteiger partial charge in [-0.2, -0.15) is 0 Å². The molecule has 2 aromatic rings. The average Bonchev–Trinajstić information content (AvgIpc) is 2.39. The monoisotopic (exact) mass is 323 g/mol. The third-order valence-electron chi connectivity index (χ3n) is 3.01. The number of nitrogens with one attached hydrogen (secondary N) is 1. The van der Waals surface area contributed by atoms with Crippen molar-refractivity contribution in [3.63, 3.8) is 0 Å². The summed E-state index contributed by atoms with van der Waals surface area (Å²) >= 11 is 3.24. The van der Waals surface area contributed by atoms with Crippen LogP contribution in [0.1, 0.15) is 17.2 Å². The van der Waals surface area contributed by atoms with Gasteiger partial charge >= 0.3 is 0 Å². The molecule has 5 heteroatoms. The van der Waals surface area contributed by atoms with E-state index in [1.165, 1.54) is 6.07 Å². The lowest BCUT2D eigenvalue weighted by Gasteiger charge is -2.18. The van der Waals surface area contributed by atoms with Gasteiger partial charge in [-0.25, -0.2) is 4.39 Å². The second-order valence-corrected chi connectivity index (χ2v) is 5.20. The van der Waals surface area contributed by atoms with E-state index in [1.807, 2.05) is 18.2 Å². The molecule has 100 valence electrons. The van der Waals surface area contributed by atoms with Gasteiger partial charge in [0.05, 0.1) is 6.04 Å². The van der Waals surface area contributed by atoms with Gasteiger partial charge < -0.3 is 5.73 Å². The lowest BCUT2D eigenvalue weighted by atomic mass is 9.98. The quantitative estimate of drug-likeness (QED) is 0.460. The van der Waals surface area contributed by atoms with Gasteiger partial charge in [-0.15, -0.1) is 0 Å². The van der Waals surface area contributed by atoms with E-state index in [1.54, 1.807) is 18.2 Å². The van der Waals surface area contributed by atoms with Crippen LogP contribution >= 0.6 is 15.9 Å². The summed E-state index contributed by atoms with van der Waals surface area (Å²) in [6, 6.07) is 12.2. The van der Waals surface area contributed by atoms with Crippen LogP contribution < -0.4 is 17.0 Å². The second kappa shape index (κ2) is 6.14. The zero-order valence-electron chi connectivity index (χ0n) is 10.2. The first-order chi connectivity index (χ1) is 9.11. The maximum atomic E-state index is 13.8. The van der Waals surface area contributed by atoms with Crippen LogP contribution in [0.15, 0.2) is 46.9 Å². The van der Waals surface area contributed by atoms with E-state index in [0.717, 1.165) is 5.56 Å².